The van der Waals surface area contributed by atoms with Crippen LogP contribution in [0.4, 0.5) is 4.39 Å². The lowest BCUT2D eigenvalue weighted by molar-refractivity contribution is 0.539. The van der Waals surface area contributed by atoms with Gasteiger partial charge < -0.3 is 0 Å². The van der Waals surface area contributed by atoms with Crippen molar-refractivity contribution in [3.05, 3.63) is 94.8 Å². The smallest absolute Gasteiger partial charge is 0.134 e. The second kappa shape index (κ2) is 8.31. The Balaban J connectivity index is 1.60. The van der Waals surface area contributed by atoms with Gasteiger partial charge in [-0.05, 0) is 77.6 Å². The predicted molar refractivity (Wildman–Crippen MR) is 118 cm³/mol. The third-order valence-electron chi connectivity index (χ3n) is 6.16. The zero-order valence-electron chi connectivity index (χ0n) is 16.8. The number of aryl methyl sites for hydroxylation is 3. The van der Waals surface area contributed by atoms with Gasteiger partial charge in [0.15, 0.2) is 0 Å². The lowest BCUT2D eigenvalue weighted by Crippen LogP contribution is -2.14. The van der Waals surface area contributed by atoms with Crippen LogP contribution in [0, 0.1) is 5.82 Å². The van der Waals surface area contributed by atoms with Gasteiger partial charge in [0.1, 0.15) is 5.82 Å². The summed E-state index contributed by atoms with van der Waals surface area (Å²) >= 11 is 0. The summed E-state index contributed by atoms with van der Waals surface area (Å²) in [6.45, 7) is 5.99. The van der Waals surface area contributed by atoms with Gasteiger partial charge >= 0.3 is 0 Å². The molecule has 0 spiro atoms. The van der Waals surface area contributed by atoms with Gasteiger partial charge in [-0.3, -0.25) is 0 Å². The van der Waals surface area contributed by atoms with E-state index in [0.717, 1.165) is 61.3 Å². The van der Waals surface area contributed by atoms with E-state index >= 15 is 4.39 Å². The zero-order chi connectivity index (χ0) is 19.5. The van der Waals surface area contributed by atoms with E-state index in [0.29, 0.717) is 0 Å². The highest BCUT2D eigenvalue weighted by Gasteiger charge is 2.23. The molecule has 28 heavy (non-hydrogen) atoms. The van der Waals surface area contributed by atoms with Crippen molar-refractivity contribution in [1.82, 2.24) is 0 Å². The molecule has 0 aliphatic heterocycles. The molecule has 1 heteroatoms. The van der Waals surface area contributed by atoms with E-state index in [9.17, 15) is 0 Å². The number of hydrogen-bond donors (Lipinski definition) is 0. The normalized spacial score (nSPS) is 16.1. The first-order valence-corrected chi connectivity index (χ1v) is 10.6. The second-order valence-corrected chi connectivity index (χ2v) is 8.14. The first-order valence-electron chi connectivity index (χ1n) is 10.6. The van der Waals surface area contributed by atoms with E-state index in [1.54, 1.807) is 0 Å². The predicted octanol–water partition coefficient (Wildman–Crippen LogP) is 7.32. The maximum Gasteiger partial charge on any atom is 0.134 e. The van der Waals surface area contributed by atoms with Crippen LogP contribution >= 0.6 is 0 Å². The van der Waals surface area contributed by atoms with Crippen LogP contribution < -0.4 is 0 Å². The van der Waals surface area contributed by atoms with Crippen LogP contribution in [-0.4, -0.2) is 0 Å². The summed E-state index contributed by atoms with van der Waals surface area (Å²) in [5.41, 5.74) is 6.40. The fourth-order valence-electron chi connectivity index (χ4n) is 4.62. The highest BCUT2D eigenvalue weighted by atomic mass is 19.1. The Bertz CT molecular complexity index is 999. The topological polar surface area (TPSA) is 0 Å². The zero-order valence-corrected chi connectivity index (χ0v) is 16.8. The maximum absolute atomic E-state index is 15.3. The molecule has 1 aliphatic carbocycles. The van der Waals surface area contributed by atoms with Crippen LogP contribution in [0.1, 0.15) is 59.9 Å². The van der Waals surface area contributed by atoms with Gasteiger partial charge in [0.05, 0.1) is 0 Å². The summed E-state index contributed by atoms with van der Waals surface area (Å²) in [7, 11) is 0. The van der Waals surface area contributed by atoms with Crippen molar-refractivity contribution in [2.75, 3.05) is 0 Å². The minimum absolute atomic E-state index is 0.0170. The fourth-order valence-corrected chi connectivity index (χ4v) is 4.62. The fraction of sp³-hybridized carbons (Fsp3) is 0.333. The summed E-state index contributed by atoms with van der Waals surface area (Å²) in [5.74, 6) is 0.253. The van der Waals surface area contributed by atoms with Crippen LogP contribution in [0.25, 0.3) is 10.8 Å². The van der Waals surface area contributed by atoms with E-state index in [4.69, 9.17) is 0 Å². The van der Waals surface area contributed by atoms with Crippen LogP contribution in [-0.2, 0) is 25.7 Å². The summed E-state index contributed by atoms with van der Waals surface area (Å²) in [6.07, 6.45) is 9.21. The highest BCUT2D eigenvalue weighted by Crippen LogP contribution is 2.36. The van der Waals surface area contributed by atoms with Gasteiger partial charge in [0.2, 0.25) is 0 Å². The van der Waals surface area contributed by atoms with Gasteiger partial charge in [-0.15, -0.1) is 6.58 Å². The molecule has 0 saturated heterocycles. The Morgan fingerprint density at radius 1 is 1.00 bits per heavy atom. The van der Waals surface area contributed by atoms with Crippen molar-refractivity contribution in [2.24, 2.45) is 0 Å². The molecule has 1 aliphatic rings. The first kappa shape index (κ1) is 18.9. The number of fused-ring (bicyclic) bond motifs is 2. The number of halogens is 1. The second-order valence-electron chi connectivity index (χ2n) is 8.14. The largest absolute Gasteiger partial charge is 0.206 e. The quantitative estimate of drug-likeness (QED) is 0.398. The van der Waals surface area contributed by atoms with Gasteiger partial charge in [0, 0.05) is 5.39 Å². The van der Waals surface area contributed by atoms with Crippen LogP contribution in [0.15, 0.2) is 61.2 Å². The molecule has 0 bridgehead atoms. The van der Waals surface area contributed by atoms with Crippen molar-refractivity contribution >= 4 is 10.8 Å². The van der Waals surface area contributed by atoms with Crippen molar-refractivity contribution < 1.29 is 4.39 Å². The number of hydrogen-bond acceptors (Lipinski definition) is 0. The van der Waals surface area contributed by atoms with Gasteiger partial charge in [0.25, 0.3) is 0 Å². The third-order valence-corrected chi connectivity index (χ3v) is 6.16. The molecule has 3 aromatic carbocycles. The van der Waals surface area contributed by atoms with E-state index in [1.165, 1.54) is 22.3 Å². The Morgan fingerprint density at radius 2 is 1.82 bits per heavy atom. The molecule has 0 fully saturated rings. The Kier molecular flexibility index (Phi) is 5.62. The van der Waals surface area contributed by atoms with Gasteiger partial charge in [-0.2, -0.15) is 0 Å². The molecule has 0 nitrogen and oxygen atoms in total. The average Bonchev–Trinajstić information content (AvgIpc) is 2.72. The Morgan fingerprint density at radius 3 is 2.64 bits per heavy atom. The van der Waals surface area contributed by atoms with E-state index in [-0.39, 0.29) is 11.7 Å². The molecule has 0 saturated carbocycles. The minimum Gasteiger partial charge on any atom is -0.206 e. The van der Waals surface area contributed by atoms with Crippen LogP contribution in [0.2, 0.25) is 0 Å². The molecular formula is C27H29F. The number of benzene rings is 3. The summed E-state index contributed by atoms with van der Waals surface area (Å²) < 4.78 is 15.3. The summed E-state index contributed by atoms with van der Waals surface area (Å²) in [4.78, 5) is 0. The summed E-state index contributed by atoms with van der Waals surface area (Å²) in [5, 5.41) is 1.79. The lowest BCUT2D eigenvalue weighted by atomic mass is 9.79. The molecule has 1 atom stereocenters. The van der Waals surface area contributed by atoms with Crippen molar-refractivity contribution in [3.63, 3.8) is 0 Å². The molecule has 3 aromatic rings. The maximum atomic E-state index is 15.3. The van der Waals surface area contributed by atoms with E-state index in [1.807, 2.05) is 18.2 Å². The first-order chi connectivity index (χ1) is 13.7. The number of allylic oxidation sites excluding steroid dienone is 1. The van der Waals surface area contributed by atoms with Crippen LogP contribution in [0.5, 0.6) is 0 Å². The molecule has 0 amide bonds. The highest BCUT2D eigenvalue weighted by molar-refractivity contribution is 5.84. The number of rotatable bonds is 6. The van der Waals surface area contributed by atoms with E-state index < -0.39 is 0 Å². The van der Waals surface area contributed by atoms with E-state index in [2.05, 4.69) is 49.9 Å². The van der Waals surface area contributed by atoms with Gasteiger partial charge in [-0.25, -0.2) is 4.39 Å². The van der Waals surface area contributed by atoms with Crippen molar-refractivity contribution in [3.8, 4) is 0 Å². The monoisotopic (exact) mass is 372 g/mol. The molecule has 0 radical (unpaired) electrons. The molecule has 4 rings (SSSR count). The van der Waals surface area contributed by atoms with Crippen LogP contribution in [0.3, 0.4) is 0 Å². The molecule has 0 heterocycles. The molecule has 144 valence electrons. The Hall–Kier alpha value is -2.41. The van der Waals surface area contributed by atoms with Gasteiger partial charge in [-0.1, -0.05) is 68.0 Å². The Labute approximate surface area is 168 Å². The third kappa shape index (κ3) is 3.76. The molecule has 0 aromatic heterocycles. The summed E-state index contributed by atoms with van der Waals surface area (Å²) in [6, 6.07) is 17.2. The molecule has 0 N–H and O–H groups in total. The van der Waals surface area contributed by atoms with Crippen molar-refractivity contribution in [2.45, 2.75) is 57.8 Å². The van der Waals surface area contributed by atoms with Crippen molar-refractivity contribution in [1.29, 1.82) is 0 Å². The average molecular weight is 373 g/mol. The lowest BCUT2D eigenvalue weighted by Gasteiger charge is -2.26. The standard InChI is InChI=1S/C27H29F/c1-3-5-7-20-8-10-22-18-24(12-11-21(22)16-20)26-15-13-23-17-19(6-4-2)9-14-25(23)27(26)28/h3,8-10,13-17,24H,1,4-7,11-12,18H2,2H3. The molecule has 1 unspecified atom stereocenters. The molecular weight excluding hydrogens is 343 g/mol. The minimum atomic E-state index is -0.0170. The SMILES string of the molecule is C=CCCc1ccc2c(c1)CCC(c1ccc3cc(CCC)ccc3c1F)C2.